The third-order valence-corrected chi connectivity index (χ3v) is 4.61. The molecule has 1 unspecified atom stereocenters. The highest BCUT2D eigenvalue weighted by molar-refractivity contribution is 8.00. The van der Waals surface area contributed by atoms with Gasteiger partial charge in [-0.25, -0.2) is 9.48 Å². The number of carbonyl (C=O) groups is 2. The van der Waals surface area contributed by atoms with Crippen LogP contribution in [0.2, 0.25) is 0 Å². The molecule has 2 aromatic rings. The molecule has 0 radical (unpaired) electrons. The van der Waals surface area contributed by atoms with Gasteiger partial charge in [-0.15, -0.1) is 0 Å². The van der Waals surface area contributed by atoms with Gasteiger partial charge < -0.3 is 5.11 Å². The highest BCUT2D eigenvalue weighted by atomic mass is 32.2. The Morgan fingerprint density at radius 3 is 2.68 bits per heavy atom. The third-order valence-electron chi connectivity index (χ3n) is 3.58. The predicted octanol–water partition coefficient (Wildman–Crippen LogP) is 2.09. The highest BCUT2D eigenvalue weighted by Gasteiger charge is 2.36. The second-order valence-corrected chi connectivity index (χ2v) is 6.02. The van der Waals surface area contributed by atoms with Crippen LogP contribution < -0.4 is 4.90 Å². The van der Waals surface area contributed by atoms with E-state index in [4.69, 9.17) is 0 Å². The predicted molar refractivity (Wildman–Crippen MR) is 83.6 cm³/mol. The Kier molecular flexibility index (Phi) is 3.66. The molecule has 0 fully saturated rings. The molecule has 1 atom stereocenters. The number of carbonyl (C=O) groups excluding carboxylic acids is 1. The lowest BCUT2D eigenvalue weighted by molar-refractivity contribution is -0.139. The van der Waals surface area contributed by atoms with Crippen molar-refractivity contribution < 1.29 is 14.7 Å². The van der Waals surface area contributed by atoms with E-state index >= 15 is 0 Å². The van der Waals surface area contributed by atoms with Crippen LogP contribution in [-0.2, 0) is 9.59 Å². The molecule has 1 amide bonds. The Bertz CT molecular complexity index is 742. The van der Waals surface area contributed by atoms with Gasteiger partial charge in [0.25, 0.3) is 0 Å². The number of anilines is 1. The molecule has 1 aliphatic rings. The Balaban J connectivity index is 2.15. The number of carboxylic acids is 1. The Morgan fingerprint density at radius 2 is 2.05 bits per heavy atom. The number of aryl methyl sites for hydroxylation is 1. The van der Waals surface area contributed by atoms with Crippen molar-refractivity contribution in [1.29, 1.82) is 0 Å². The minimum atomic E-state index is -1.03. The molecule has 0 bridgehead atoms. The average molecular weight is 317 g/mol. The van der Waals surface area contributed by atoms with Crippen molar-refractivity contribution >= 4 is 29.3 Å². The standard InChI is InChI=1S/C15H15N3O3S/c1-9-13-14(18(16-9)11-6-4-3-5-7-11)22-8-12(19)17(13)10(2)15(20)21/h3-7,10H,8H2,1-2H3,(H,20,21). The topological polar surface area (TPSA) is 75.4 Å². The van der Waals surface area contributed by atoms with Crippen molar-refractivity contribution in [2.24, 2.45) is 0 Å². The van der Waals surface area contributed by atoms with E-state index in [1.165, 1.54) is 23.6 Å². The minimum Gasteiger partial charge on any atom is -0.480 e. The van der Waals surface area contributed by atoms with E-state index in [9.17, 15) is 14.7 Å². The number of nitrogens with zero attached hydrogens (tertiary/aromatic N) is 3. The first kappa shape index (κ1) is 14.6. The van der Waals surface area contributed by atoms with Crippen LogP contribution in [0, 0.1) is 6.92 Å². The Morgan fingerprint density at radius 1 is 1.36 bits per heavy atom. The number of benzene rings is 1. The molecule has 1 aliphatic heterocycles. The van der Waals surface area contributed by atoms with Gasteiger partial charge in [-0.3, -0.25) is 9.69 Å². The molecule has 0 saturated carbocycles. The zero-order valence-corrected chi connectivity index (χ0v) is 13.0. The van der Waals surface area contributed by atoms with Gasteiger partial charge in [0.15, 0.2) is 0 Å². The lowest BCUT2D eigenvalue weighted by Crippen LogP contribution is -2.46. The summed E-state index contributed by atoms with van der Waals surface area (Å²) in [6.07, 6.45) is 0. The van der Waals surface area contributed by atoms with Crippen LogP contribution in [-0.4, -0.2) is 38.6 Å². The van der Waals surface area contributed by atoms with Crippen molar-refractivity contribution in [2.75, 3.05) is 10.7 Å². The fourth-order valence-corrected chi connectivity index (χ4v) is 3.54. The summed E-state index contributed by atoms with van der Waals surface area (Å²) in [6.45, 7) is 3.30. The second kappa shape index (κ2) is 5.49. The summed E-state index contributed by atoms with van der Waals surface area (Å²) in [5, 5.41) is 14.6. The zero-order valence-electron chi connectivity index (χ0n) is 12.2. The van der Waals surface area contributed by atoms with E-state index in [1.54, 1.807) is 11.6 Å². The number of amides is 1. The van der Waals surface area contributed by atoms with E-state index in [0.29, 0.717) is 11.4 Å². The second-order valence-electron chi connectivity index (χ2n) is 5.05. The molecule has 0 spiro atoms. The molecule has 114 valence electrons. The molecule has 6 nitrogen and oxygen atoms in total. The maximum atomic E-state index is 12.2. The quantitative estimate of drug-likeness (QED) is 0.938. The number of rotatable bonds is 3. The van der Waals surface area contributed by atoms with Gasteiger partial charge in [0.2, 0.25) is 5.91 Å². The van der Waals surface area contributed by atoms with Gasteiger partial charge >= 0.3 is 5.97 Å². The average Bonchev–Trinajstić information content (AvgIpc) is 2.85. The fraction of sp³-hybridized carbons (Fsp3) is 0.267. The van der Waals surface area contributed by atoms with Crippen LogP contribution in [0.25, 0.3) is 5.69 Å². The molecule has 0 aliphatic carbocycles. The van der Waals surface area contributed by atoms with E-state index in [1.807, 2.05) is 30.3 Å². The summed E-state index contributed by atoms with van der Waals surface area (Å²) >= 11 is 1.39. The summed E-state index contributed by atoms with van der Waals surface area (Å²) in [4.78, 5) is 24.9. The highest BCUT2D eigenvalue weighted by Crippen LogP contribution is 2.40. The number of hydrogen-bond acceptors (Lipinski definition) is 4. The van der Waals surface area contributed by atoms with E-state index in [0.717, 1.165) is 10.7 Å². The summed E-state index contributed by atoms with van der Waals surface area (Å²) in [5.74, 6) is -1.02. The molecule has 0 saturated heterocycles. The molecule has 7 heteroatoms. The van der Waals surface area contributed by atoms with Crippen molar-refractivity contribution in [3.05, 3.63) is 36.0 Å². The van der Waals surface area contributed by atoms with Crippen molar-refractivity contribution in [1.82, 2.24) is 9.78 Å². The number of hydrogen-bond donors (Lipinski definition) is 1. The molecule has 22 heavy (non-hydrogen) atoms. The van der Waals surface area contributed by atoms with Crippen LogP contribution in [0.15, 0.2) is 35.4 Å². The van der Waals surface area contributed by atoms with Crippen molar-refractivity contribution in [2.45, 2.75) is 24.9 Å². The monoisotopic (exact) mass is 317 g/mol. The van der Waals surface area contributed by atoms with Crippen LogP contribution in [0.4, 0.5) is 5.69 Å². The minimum absolute atomic E-state index is 0.205. The SMILES string of the molecule is Cc1nn(-c2ccccc2)c2c1N(C(C)C(=O)O)C(=O)CS2. The van der Waals surface area contributed by atoms with Crippen LogP contribution in [0.5, 0.6) is 0 Å². The lowest BCUT2D eigenvalue weighted by atomic mass is 10.2. The Hall–Kier alpha value is -2.28. The van der Waals surface area contributed by atoms with Gasteiger partial charge in [0.05, 0.1) is 17.1 Å². The summed E-state index contributed by atoms with van der Waals surface area (Å²) in [5.41, 5.74) is 2.13. The third kappa shape index (κ3) is 2.27. The maximum absolute atomic E-state index is 12.2. The van der Waals surface area contributed by atoms with Crippen molar-refractivity contribution in [3.8, 4) is 5.69 Å². The lowest BCUT2D eigenvalue weighted by Gasteiger charge is -2.30. The number of aliphatic carboxylic acids is 1. The number of fused-ring (bicyclic) bond motifs is 1. The van der Waals surface area contributed by atoms with E-state index in [-0.39, 0.29) is 11.7 Å². The van der Waals surface area contributed by atoms with Gasteiger partial charge in [0, 0.05) is 0 Å². The molecular formula is C15H15N3O3S. The maximum Gasteiger partial charge on any atom is 0.326 e. The molecule has 1 aromatic carbocycles. The zero-order chi connectivity index (χ0) is 15.9. The number of aromatic nitrogens is 2. The van der Waals surface area contributed by atoms with E-state index in [2.05, 4.69) is 5.10 Å². The summed E-state index contributed by atoms with van der Waals surface area (Å²) in [6, 6.07) is 8.68. The van der Waals surface area contributed by atoms with Gasteiger partial charge in [0.1, 0.15) is 16.8 Å². The van der Waals surface area contributed by atoms with Crippen LogP contribution in [0.3, 0.4) is 0 Å². The van der Waals surface area contributed by atoms with E-state index < -0.39 is 12.0 Å². The molecular weight excluding hydrogens is 302 g/mol. The summed E-state index contributed by atoms with van der Waals surface area (Å²) < 4.78 is 1.77. The van der Waals surface area contributed by atoms with Crippen molar-refractivity contribution in [3.63, 3.8) is 0 Å². The fourth-order valence-electron chi connectivity index (χ4n) is 2.49. The van der Waals surface area contributed by atoms with Gasteiger partial charge in [-0.1, -0.05) is 30.0 Å². The van der Waals surface area contributed by atoms with Crippen LogP contribution >= 0.6 is 11.8 Å². The van der Waals surface area contributed by atoms with Gasteiger partial charge in [-0.05, 0) is 26.0 Å². The van der Waals surface area contributed by atoms with Crippen LogP contribution in [0.1, 0.15) is 12.6 Å². The normalized spacial score (nSPS) is 15.5. The molecule has 1 N–H and O–H groups in total. The number of carboxylic acid groups (broad SMARTS) is 1. The first-order valence-corrected chi connectivity index (χ1v) is 7.82. The first-order chi connectivity index (χ1) is 10.5. The summed E-state index contributed by atoms with van der Waals surface area (Å²) in [7, 11) is 0. The Labute approximate surface area is 131 Å². The smallest absolute Gasteiger partial charge is 0.326 e. The molecule has 3 rings (SSSR count). The first-order valence-electron chi connectivity index (χ1n) is 6.83. The molecule has 1 aromatic heterocycles. The number of para-hydroxylation sites is 1. The number of thioether (sulfide) groups is 1. The largest absolute Gasteiger partial charge is 0.480 e. The molecule has 2 heterocycles. The van der Waals surface area contributed by atoms with Gasteiger partial charge in [-0.2, -0.15) is 5.10 Å².